The number of carbonyl (C=O) groups excluding carboxylic acids is 1. The van der Waals surface area contributed by atoms with Gasteiger partial charge in [-0.25, -0.2) is 0 Å². The molecular weight excluding hydrogens is 252 g/mol. The number of hydrogen-bond acceptors (Lipinski definition) is 3. The summed E-state index contributed by atoms with van der Waals surface area (Å²) in [5.74, 6) is 0.618. The van der Waals surface area contributed by atoms with Crippen LogP contribution in [0.4, 0.5) is 0 Å². The molecule has 0 saturated carbocycles. The van der Waals surface area contributed by atoms with Gasteiger partial charge in [-0.3, -0.25) is 4.79 Å². The second kappa shape index (κ2) is 8.62. The number of ether oxygens (including phenoxy) is 1. The Kier molecular flexibility index (Phi) is 6.42. The Balaban J connectivity index is 1.96. The van der Waals surface area contributed by atoms with Gasteiger partial charge in [-0.15, -0.1) is 0 Å². The lowest BCUT2D eigenvalue weighted by molar-refractivity contribution is -0.150. The number of allylic oxidation sites excluding steroid dienone is 1. The third kappa shape index (κ3) is 5.24. The van der Waals surface area contributed by atoms with E-state index in [9.17, 15) is 4.79 Å². The Hall–Kier alpha value is -1.51. The molecular formula is C17H24O3. The van der Waals surface area contributed by atoms with Gasteiger partial charge in [-0.05, 0) is 31.4 Å². The van der Waals surface area contributed by atoms with Crippen molar-refractivity contribution in [1.29, 1.82) is 0 Å². The van der Waals surface area contributed by atoms with Gasteiger partial charge >= 0.3 is 5.97 Å². The van der Waals surface area contributed by atoms with Crippen LogP contribution in [-0.2, 0) is 9.53 Å². The molecule has 1 aliphatic heterocycles. The maximum Gasteiger partial charge on any atom is 0.306 e. The van der Waals surface area contributed by atoms with Crippen molar-refractivity contribution in [2.24, 2.45) is 0 Å². The second-order valence-corrected chi connectivity index (χ2v) is 5.36. The first-order valence-electron chi connectivity index (χ1n) is 7.74. The van der Waals surface area contributed by atoms with Crippen molar-refractivity contribution >= 4 is 5.97 Å². The van der Waals surface area contributed by atoms with Crippen LogP contribution in [0.15, 0.2) is 35.0 Å². The zero-order valence-electron chi connectivity index (χ0n) is 12.1. The molecule has 0 aliphatic carbocycles. The van der Waals surface area contributed by atoms with E-state index < -0.39 is 0 Å². The monoisotopic (exact) mass is 276 g/mol. The van der Waals surface area contributed by atoms with Crippen LogP contribution in [0.3, 0.4) is 0 Å². The quantitative estimate of drug-likeness (QED) is 0.538. The molecule has 1 aliphatic rings. The van der Waals surface area contributed by atoms with Gasteiger partial charge < -0.3 is 9.15 Å². The molecule has 0 radical (unpaired) electrons. The van der Waals surface area contributed by atoms with Gasteiger partial charge in [-0.1, -0.05) is 37.8 Å². The Morgan fingerprint density at radius 2 is 1.80 bits per heavy atom. The summed E-state index contributed by atoms with van der Waals surface area (Å²) in [5, 5.41) is 0. The second-order valence-electron chi connectivity index (χ2n) is 5.36. The van der Waals surface area contributed by atoms with Crippen molar-refractivity contribution in [3.05, 3.63) is 36.3 Å². The van der Waals surface area contributed by atoms with Crippen LogP contribution in [0.25, 0.3) is 0 Å². The van der Waals surface area contributed by atoms with Crippen LogP contribution >= 0.6 is 0 Å². The van der Waals surface area contributed by atoms with Crippen molar-refractivity contribution in [3.63, 3.8) is 0 Å². The first-order chi connectivity index (χ1) is 9.86. The molecule has 1 atom stereocenters. The van der Waals surface area contributed by atoms with E-state index in [0.29, 0.717) is 12.8 Å². The number of cyclic esters (lactones) is 1. The number of furan rings is 1. The van der Waals surface area contributed by atoms with E-state index >= 15 is 0 Å². The predicted octanol–water partition coefficient (Wildman–Crippen LogP) is 4.94. The minimum absolute atomic E-state index is 0.114. The van der Waals surface area contributed by atoms with Gasteiger partial charge in [0.15, 0.2) is 6.10 Å². The van der Waals surface area contributed by atoms with E-state index in [1.165, 1.54) is 25.7 Å². The molecule has 0 fully saturated rings. The van der Waals surface area contributed by atoms with Crippen molar-refractivity contribution in [2.45, 2.75) is 63.9 Å². The van der Waals surface area contributed by atoms with Crippen LogP contribution in [-0.4, -0.2) is 5.97 Å². The van der Waals surface area contributed by atoms with Crippen molar-refractivity contribution in [3.8, 4) is 0 Å². The maximum atomic E-state index is 11.9. The lowest BCUT2D eigenvalue weighted by atomic mass is 10.1. The molecule has 110 valence electrons. The summed E-state index contributed by atoms with van der Waals surface area (Å²) in [6.45, 7) is 0. The highest BCUT2D eigenvalue weighted by atomic mass is 16.6. The lowest BCUT2D eigenvalue weighted by Crippen LogP contribution is -2.10. The fourth-order valence-electron chi connectivity index (χ4n) is 2.49. The van der Waals surface area contributed by atoms with Crippen LogP contribution in [0.2, 0.25) is 0 Å². The molecule has 1 aromatic rings. The summed E-state index contributed by atoms with van der Waals surface area (Å²) >= 11 is 0. The highest BCUT2D eigenvalue weighted by Crippen LogP contribution is 2.24. The third-order valence-electron chi connectivity index (χ3n) is 3.65. The first-order valence-corrected chi connectivity index (χ1v) is 7.74. The van der Waals surface area contributed by atoms with E-state index in [1.807, 2.05) is 12.1 Å². The van der Waals surface area contributed by atoms with Gasteiger partial charge in [0.05, 0.1) is 6.26 Å². The van der Waals surface area contributed by atoms with Crippen LogP contribution in [0, 0.1) is 0 Å². The Morgan fingerprint density at radius 3 is 2.60 bits per heavy atom. The van der Waals surface area contributed by atoms with E-state index in [0.717, 1.165) is 25.0 Å². The third-order valence-corrected chi connectivity index (χ3v) is 3.65. The summed E-state index contributed by atoms with van der Waals surface area (Å²) in [6, 6.07) is 3.70. The Labute approximate surface area is 121 Å². The molecule has 3 nitrogen and oxygen atoms in total. The summed E-state index contributed by atoms with van der Waals surface area (Å²) < 4.78 is 10.9. The average Bonchev–Trinajstić information content (AvgIpc) is 2.97. The number of rotatable bonds is 1. The summed E-state index contributed by atoms with van der Waals surface area (Å²) in [7, 11) is 0. The molecule has 3 heteroatoms. The van der Waals surface area contributed by atoms with Crippen molar-refractivity contribution in [1.82, 2.24) is 0 Å². The fourth-order valence-corrected chi connectivity index (χ4v) is 2.49. The van der Waals surface area contributed by atoms with E-state index in [2.05, 4.69) is 12.2 Å². The highest BCUT2D eigenvalue weighted by Gasteiger charge is 2.17. The molecule has 0 saturated heterocycles. The molecule has 20 heavy (non-hydrogen) atoms. The SMILES string of the molecule is O=C1CCCCCCCC/C=C\CC(c2ccco2)O1. The topological polar surface area (TPSA) is 39.4 Å². The van der Waals surface area contributed by atoms with E-state index in [-0.39, 0.29) is 12.1 Å². The minimum Gasteiger partial charge on any atom is -0.465 e. The zero-order valence-corrected chi connectivity index (χ0v) is 12.1. The lowest BCUT2D eigenvalue weighted by Gasteiger charge is -2.14. The molecule has 0 bridgehead atoms. The van der Waals surface area contributed by atoms with Crippen molar-refractivity contribution < 1.29 is 13.9 Å². The standard InChI is InChI=1S/C17H24O3/c18-17-13-9-7-5-3-1-2-4-6-8-11-16(20-17)15-12-10-14-19-15/h6,8,10,12,14,16H,1-5,7,9,11,13H2/b8-6-. The summed E-state index contributed by atoms with van der Waals surface area (Å²) in [4.78, 5) is 11.9. The molecule has 2 heterocycles. The summed E-state index contributed by atoms with van der Waals surface area (Å²) in [5.41, 5.74) is 0. The molecule has 0 spiro atoms. The van der Waals surface area contributed by atoms with Gasteiger partial charge in [0.1, 0.15) is 5.76 Å². The first kappa shape index (κ1) is 14.9. The molecule has 2 rings (SSSR count). The number of esters is 1. The van der Waals surface area contributed by atoms with Gasteiger partial charge in [-0.2, -0.15) is 0 Å². The van der Waals surface area contributed by atoms with E-state index in [1.54, 1.807) is 6.26 Å². The molecule has 1 aromatic heterocycles. The molecule has 0 aromatic carbocycles. The van der Waals surface area contributed by atoms with Crippen LogP contribution in [0.5, 0.6) is 0 Å². The Bertz CT molecular complexity index is 406. The largest absolute Gasteiger partial charge is 0.465 e. The van der Waals surface area contributed by atoms with Crippen LogP contribution < -0.4 is 0 Å². The normalized spacial score (nSPS) is 24.6. The smallest absolute Gasteiger partial charge is 0.306 e. The van der Waals surface area contributed by atoms with Crippen molar-refractivity contribution in [2.75, 3.05) is 0 Å². The molecule has 1 unspecified atom stereocenters. The predicted molar refractivity (Wildman–Crippen MR) is 78.2 cm³/mol. The summed E-state index contributed by atoms with van der Waals surface area (Å²) in [6.07, 6.45) is 15.0. The van der Waals surface area contributed by atoms with E-state index in [4.69, 9.17) is 9.15 Å². The van der Waals surface area contributed by atoms with Gasteiger partial charge in [0.25, 0.3) is 0 Å². The average molecular weight is 276 g/mol. The minimum atomic E-state index is -0.281. The fraction of sp³-hybridized carbons (Fsp3) is 0.588. The maximum absolute atomic E-state index is 11.9. The number of carbonyl (C=O) groups is 1. The Morgan fingerprint density at radius 1 is 1.00 bits per heavy atom. The van der Waals surface area contributed by atoms with Gasteiger partial charge in [0.2, 0.25) is 0 Å². The number of hydrogen-bond donors (Lipinski definition) is 0. The molecule has 0 amide bonds. The highest BCUT2D eigenvalue weighted by molar-refractivity contribution is 5.69. The zero-order chi connectivity index (χ0) is 14.0. The molecule has 0 N–H and O–H groups in total. The van der Waals surface area contributed by atoms with Crippen LogP contribution in [0.1, 0.15) is 69.7 Å². The van der Waals surface area contributed by atoms with Gasteiger partial charge in [0, 0.05) is 12.8 Å².